The molecule has 1 rings (SSSR count). The molecule has 2 heteroatoms. The highest BCUT2D eigenvalue weighted by Gasteiger charge is 2.27. The van der Waals surface area contributed by atoms with Gasteiger partial charge in [-0.15, -0.1) is 0 Å². The third-order valence-corrected chi connectivity index (χ3v) is 4.25. The summed E-state index contributed by atoms with van der Waals surface area (Å²) in [5, 5.41) is 3.51. The number of rotatable bonds is 6. The lowest BCUT2D eigenvalue weighted by molar-refractivity contribution is -0.0326. The maximum Gasteiger partial charge on any atom is 0.0578 e. The molecular formula is C16H33NO. The zero-order valence-corrected chi connectivity index (χ0v) is 13.3. The Labute approximate surface area is 114 Å². The highest BCUT2D eigenvalue weighted by molar-refractivity contribution is 4.78. The van der Waals surface area contributed by atoms with E-state index < -0.39 is 0 Å². The molecule has 0 amide bonds. The molecule has 0 aliphatic heterocycles. The number of hydrogen-bond donors (Lipinski definition) is 1. The summed E-state index contributed by atoms with van der Waals surface area (Å²) < 4.78 is 6.16. The first kappa shape index (κ1) is 16.0. The maximum absolute atomic E-state index is 6.16. The lowest BCUT2D eigenvalue weighted by Gasteiger charge is -2.34. The highest BCUT2D eigenvalue weighted by atomic mass is 16.5. The smallest absolute Gasteiger partial charge is 0.0578 e. The largest absolute Gasteiger partial charge is 0.378 e. The van der Waals surface area contributed by atoms with Crippen molar-refractivity contribution in [3.05, 3.63) is 0 Å². The predicted octanol–water partition coefficient (Wildman–Crippen LogP) is 3.85. The van der Waals surface area contributed by atoms with E-state index in [9.17, 15) is 0 Å². The van der Waals surface area contributed by atoms with E-state index in [4.69, 9.17) is 4.74 Å². The first-order chi connectivity index (χ1) is 8.30. The van der Waals surface area contributed by atoms with E-state index in [0.29, 0.717) is 12.1 Å². The Kier molecular flexibility index (Phi) is 6.13. The van der Waals surface area contributed by atoms with Gasteiger partial charge in [-0.2, -0.15) is 0 Å². The van der Waals surface area contributed by atoms with Crippen LogP contribution in [0.15, 0.2) is 0 Å². The van der Waals surface area contributed by atoms with Crippen LogP contribution in [-0.2, 0) is 4.74 Å². The van der Waals surface area contributed by atoms with E-state index in [1.807, 2.05) is 0 Å². The Morgan fingerprint density at radius 2 is 1.83 bits per heavy atom. The van der Waals surface area contributed by atoms with Crippen LogP contribution in [-0.4, -0.2) is 25.3 Å². The molecule has 1 fully saturated rings. The van der Waals surface area contributed by atoms with E-state index >= 15 is 0 Å². The maximum atomic E-state index is 6.16. The van der Waals surface area contributed by atoms with Crippen LogP contribution in [0.2, 0.25) is 0 Å². The number of nitrogens with one attached hydrogen (secondary N) is 1. The Hall–Kier alpha value is -0.0800. The van der Waals surface area contributed by atoms with Crippen molar-refractivity contribution in [1.82, 2.24) is 5.32 Å². The number of hydrogen-bond acceptors (Lipinski definition) is 2. The fraction of sp³-hybridized carbons (Fsp3) is 1.00. The van der Waals surface area contributed by atoms with Crippen LogP contribution < -0.4 is 5.32 Å². The molecule has 0 heterocycles. The third-order valence-electron chi connectivity index (χ3n) is 4.25. The van der Waals surface area contributed by atoms with E-state index in [1.165, 1.54) is 19.3 Å². The zero-order valence-electron chi connectivity index (χ0n) is 13.3. The molecule has 108 valence electrons. The molecule has 3 unspecified atom stereocenters. The fourth-order valence-corrected chi connectivity index (χ4v) is 2.52. The Balaban J connectivity index is 2.27. The molecule has 3 atom stereocenters. The summed E-state index contributed by atoms with van der Waals surface area (Å²) in [7, 11) is 0. The third kappa shape index (κ3) is 5.71. The average Bonchev–Trinajstić information content (AvgIpc) is 2.28. The van der Waals surface area contributed by atoms with Gasteiger partial charge in [0.1, 0.15) is 0 Å². The predicted molar refractivity (Wildman–Crippen MR) is 78.8 cm³/mol. The molecule has 1 saturated carbocycles. The molecule has 0 aromatic heterocycles. The summed E-state index contributed by atoms with van der Waals surface area (Å²) in [4.78, 5) is 0. The van der Waals surface area contributed by atoms with Crippen molar-refractivity contribution in [1.29, 1.82) is 0 Å². The molecule has 1 aliphatic rings. The molecule has 0 radical (unpaired) electrons. The van der Waals surface area contributed by atoms with E-state index in [0.717, 1.165) is 25.0 Å². The molecule has 0 saturated heterocycles. The molecular weight excluding hydrogens is 222 g/mol. The molecule has 2 nitrogen and oxygen atoms in total. The summed E-state index contributed by atoms with van der Waals surface area (Å²) >= 11 is 0. The molecule has 1 aliphatic carbocycles. The van der Waals surface area contributed by atoms with Crippen molar-refractivity contribution in [2.45, 2.75) is 73.0 Å². The van der Waals surface area contributed by atoms with Crippen molar-refractivity contribution >= 4 is 0 Å². The SMILES string of the molecule is CC(C)NCC(C)(C)COC1CCC(C)C(C)C1. The van der Waals surface area contributed by atoms with Crippen molar-refractivity contribution in [2.24, 2.45) is 17.3 Å². The first-order valence-electron chi connectivity index (χ1n) is 7.65. The van der Waals surface area contributed by atoms with Crippen LogP contribution >= 0.6 is 0 Å². The lowest BCUT2D eigenvalue weighted by Crippen LogP contribution is -2.38. The van der Waals surface area contributed by atoms with Crippen LogP contribution in [0.25, 0.3) is 0 Å². The molecule has 0 aromatic carbocycles. The summed E-state index contributed by atoms with van der Waals surface area (Å²) in [6, 6.07) is 0.555. The minimum absolute atomic E-state index is 0.233. The monoisotopic (exact) mass is 255 g/mol. The summed E-state index contributed by atoms with van der Waals surface area (Å²) in [5.74, 6) is 1.70. The van der Waals surface area contributed by atoms with Crippen LogP contribution in [0, 0.1) is 17.3 Å². The highest BCUT2D eigenvalue weighted by Crippen LogP contribution is 2.31. The lowest BCUT2D eigenvalue weighted by atomic mass is 9.80. The van der Waals surface area contributed by atoms with Gasteiger partial charge in [-0.05, 0) is 31.1 Å². The van der Waals surface area contributed by atoms with Crippen LogP contribution in [0.1, 0.15) is 60.8 Å². The van der Waals surface area contributed by atoms with Gasteiger partial charge >= 0.3 is 0 Å². The van der Waals surface area contributed by atoms with Gasteiger partial charge in [0.25, 0.3) is 0 Å². The van der Waals surface area contributed by atoms with E-state index in [2.05, 4.69) is 46.9 Å². The van der Waals surface area contributed by atoms with Crippen LogP contribution in [0.5, 0.6) is 0 Å². The molecule has 0 bridgehead atoms. The van der Waals surface area contributed by atoms with Gasteiger partial charge in [0.2, 0.25) is 0 Å². The first-order valence-corrected chi connectivity index (χ1v) is 7.65. The molecule has 0 spiro atoms. The standard InChI is InChI=1S/C16H33NO/c1-12(2)17-10-16(5,6)11-18-15-8-7-13(3)14(4)9-15/h12-15,17H,7-11H2,1-6H3. The second kappa shape index (κ2) is 6.91. The fourth-order valence-electron chi connectivity index (χ4n) is 2.52. The average molecular weight is 255 g/mol. The molecule has 1 N–H and O–H groups in total. The second-order valence-electron chi connectivity index (χ2n) is 7.40. The normalized spacial score (nSPS) is 29.8. The van der Waals surface area contributed by atoms with Gasteiger partial charge in [0.05, 0.1) is 12.7 Å². The van der Waals surface area contributed by atoms with Crippen molar-refractivity contribution in [2.75, 3.05) is 13.2 Å². The van der Waals surface area contributed by atoms with Crippen molar-refractivity contribution in [3.63, 3.8) is 0 Å². The minimum atomic E-state index is 0.233. The number of ether oxygens (including phenoxy) is 1. The zero-order chi connectivity index (χ0) is 13.8. The van der Waals surface area contributed by atoms with Gasteiger partial charge < -0.3 is 10.1 Å². The summed E-state index contributed by atoms with van der Waals surface area (Å²) in [6.45, 7) is 15.6. The van der Waals surface area contributed by atoms with Gasteiger partial charge in [0, 0.05) is 18.0 Å². The van der Waals surface area contributed by atoms with Crippen LogP contribution in [0.3, 0.4) is 0 Å². The quantitative estimate of drug-likeness (QED) is 0.778. The molecule has 0 aromatic rings. The Morgan fingerprint density at radius 3 is 2.39 bits per heavy atom. The second-order valence-corrected chi connectivity index (χ2v) is 7.40. The van der Waals surface area contributed by atoms with Gasteiger partial charge in [0.15, 0.2) is 0 Å². The molecule has 18 heavy (non-hydrogen) atoms. The van der Waals surface area contributed by atoms with Gasteiger partial charge in [-0.25, -0.2) is 0 Å². The van der Waals surface area contributed by atoms with Gasteiger partial charge in [-0.1, -0.05) is 41.5 Å². The topological polar surface area (TPSA) is 21.3 Å². The van der Waals surface area contributed by atoms with Crippen LogP contribution in [0.4, 0.5) is 0 Å². The van der Waals surface area contributed by atoms with Crippen molar-refractivity contribution < 1.29 is 4.74 Å². The summed E-state index contributed by atoms with van der Waals surface area (Å²) in [5.41, 5.74) is 0.233. The van der Waals surface area contributed by atoms with Crippen molar-refractivity contribution in [3.8, 4) is 0 Å². The Bertz CT molecular complexity index is 237. The van der Waals surface area contributed by atoms with E-state index in [1.54, 1.807) is 0 Å². The Morgan fingerprint density at radius 1 is 1.17 bits per heavy atom. The van der Waals surface area contributed by atoms with E-state index in [-0.39, 0.29) is 5.41 Å². The van der Waals surface area contributed by atoms with Gasteiger partial charge in [-0.3, -0.25) is 0 Å². The minimum Gasteiger partial charge on any atom is -0.378 e. The summed E-state index contributed by atoms with van der Waals surface area (Å²) in [6.07, 6.45) is 4.32.